The van der Waals surface area contributed by atoms with E-state index >= 15 is 0 Å². The summed E-state index contributed by atoms with van der Waals surface area (Å²) in [6.07, 6.45) is 13.5. The predicted octanol–water partition coefficient (Wildman–Crippen LogP) is 17.2. The van der Waals surface area contributed by atoms with Gasteiger partial charge in [-0.15, -0.1) is 13.2 Å². The quantitative estimate of drug-likeness (QED) is 0.281. The molecular weight excluding hydrogens is 468 g/mol. The lowest BCUT2D eigenvalue weighted by atomic mass is 10.0. The summed E-state index contributed by atoms with van der Waals surface area (Å²) in [5.41, 5.74) is 2.94. The minimum Gasteiger partial charge on any atom is -0.106 e. The van der Waals surface area contributed by atoms with Crippen molar-refractivity contribution >= 4 is 0 Å². The van der Waals surface area contributed by atoms with E-state index in [0.29, 0.717) is 0 Å². The second-order valence-electron chi connectivity index (χ2n) is 7.75. The van der Waals surface area contributed by atoms with Gasteiger partial charge in [0.15, 0.2) is 0 Å². The topological polar surface area (TPSA) is 0 Å². The van der Waals surface area contributed by atoms with E-state index in [1.165, 1.54) is 56.1 Å². The molecule has 0 heteroatoms. The molecule has 0 bridgehead atoms. The average Bonchev–Trinajstić information content (AvgIpc) is 2.97. The smallest absolute Gasteiger partial charge is 0.0263 e. The predicted molar refractivity (Wildman–Crippen MR) is 205 cm³/mol. The molecule has 0 amide bonds. The van der Waals surface area contributed by atoms with Crippen LogP contribution in [0.4, 0.5) is 0 Å². The van der Waals surface area contributed by atoms with E-state index in [4.69, 9.17) is 0 Å². The standard InChI is InChI=1S/C8H18.C7H14.C6H12.2C3H8.4C2H6.C2H4.2CH4/c1-4-6-7-8(3)5-2;1-5-7(4)6(2)3;1-4-6(3)5-2;2*1-3-2;5*1-2;;/h8H,4-7H2,1-3H3;5-6H,1-4H3;4H,5H2,1-3H3;2*3H2,1-2H3;4*1-2H3;1-2H2;2*1H4/b;7-5+;6-4-;;;;;;;;;. The molecule has 0 aromatic heterocycles. The summed E-state index contributed by atoms with van der Waals surface area (Å²) in [5.74, 6) is 1.68. The largest absolute Gasteiger partial charge is 0.106 e. The maximum absolute atomic E-state index is 3.00. The summed E-state index contributed by atoms with van der Waals surface area (Å²) in [5, 5.41) is 0. The molecule has 0 aromatic rings. The van der Waals surface area contributed by atoms with Gasteiger partial charge in [-0.1, -0.05) is 201 Å². The zero-order valence-corrected chi connectivity index (χ0v) is 31.7. The number of hydrogen-bond acceptors (Lipinski definition) is 0. The van der Waals surface area contributed by atoms with Crippen LogP contribution in [0.3, 0.4) is 0 Å². The monoisotopic (exact) mass is 565 g/mol. The third kappa shape index (κ3) is 199. The van der Waals surface area contributed by atoms with Crippen LogP contribution in [0.1, 0.15) is 212 Å². The molecule has 0 aliphatic carbocycles. The van der Waals surface area contributed by atoms with Gasteiger partial charge < -0.3 is 0 Å². The molecule has 0 saturated carbocycles. The van der Waals surface area contributed by atoms with Crippen molar-refractivity contribution in [1.29, 1.82) is 0 Å². The van der Waals surface area contributed by atoms with Crippen LogP contribution in [0.5, 0.6) is 0 Å². The van der Waals surface area contributed by atoms with Crippen molar-refractivity contribution < 1.29 is 0 Å². The SMILES string of the molecule is C.C.C/C=C(/C)CC.C/C=C(\C)C(C)C.C=C.CC.CC.CC.CC.CCC.CCC.CCCCC(C)CC. The Morgan fingerprint density at radius 1 is 0.615 bits per heavy atom. The highest BCUT2D eigenvalue weighted by Gasteiger charge is 1.94. The minimum atomic E-state index is 0. The van der Waals surface area contributed by atoms with Gasteiger partial charge in [-0.25, -0.2) is 0 Å². The Morgan fingerprint density at radius 2 is 0.897 bits per heavy atom. The van der Waals surface area contributed by atoms with Gasteiger partial charge in [0.05, 0.1) is 0 Å². The zero-order valence-electron chi connectivity index (χ0n) is 31.7. The highest BCUT2D eigenvalue weighted by molar-refractivity contribution is 4.97. The lowest BCUT2D eigenvalue weighted by Crippen LogP contribution is -1.89. The van der Waals surface area contributed by atoms with E-state index < -0.39 is 0 Å². The van der Waals surface area contributed by atoms with E-state index in [1.54, 1.807) is 0 Å². The van der Waals surface area contributed by atoms with E-state index in [1.807, 2.05) is 55.4 Å². The molecule has 1 atom stereocenters. The fourth-order valence-electron chi connectivity index (χ4n) is 1.29. The van der Waals surface area contributed by atoms with Crippen LogP contribution in [0.2, 0.25) is 0 Å². The Bertz CT molecular complexity index is 278. The van der Waals surface area contributed by atoms with Crippen molar-refractivity contribution in [3.8, 4) is 0 Å². The Kier molecular flexibility index (Phi) is 236. The van der Waals surface area contributed by atoms with E-state index in [2.05, 4.69) is 122 Å². The van der Waals surface area contributed by atoms with E-state index in [9.17, 15) is 0 Å². The van der Waals surface area contributed by atoms with Crippen LogP contribution in [-0.2, 0) is 0 Å². The Morgan fingerprint density at radius 3 is 0.974 bits per heavy atom. The first-order valence-corrected chi connectivity index (χ1v) is 16.4. The van der Waals surface area contributed by atoms with E-state index in [0.717, 1.165) is 11.8 Å². The van der Waals surface area contributed by atoms with Crippen LogP contribution in [-0.4, -0.2) is 0 Å². The van der Waals surface area contributed by atoms with Gasteiger partial charge in [0.2, 0.25) is 0 Å². The maximum atomic E-state index is 3.00. The van der Waals surface area contributed by atoms with Crippen molar-refractivity contribution in [2.24, 2.45) is 11.8 Å². The van der Waals surface area contributed by atoms with Crippen LogP contribution in [0, 0.1) is 11.8 Å². The second kappa shape index (κ2) is 119. The Labute approximate surface area is 260 Å². The molecule has 0 saturated heterocycles. The molecule has 0 rings (SSSR count). The maximum Gasteiger partial charge on any atom is -0.0263 e. The molecule has 39 heavy (non-hydrogen) atoms. The number of rotatable bonds is 6. The van der Waals surface area contributed by atoms with Crippen molar-refractivity contribution in [3.63, 3.8) is 0 Å². The zero-order chi connectivity index (χ0) is 32.7. The summed E-state index contributed by atoms with van der Waals surface area (Å²) in [4.78, 5) is 0. The average molecular weight is 565 g/mol. The van der Waals surface area contributed by atoms with Gasteiger partial charge in [-0.2, -0.15) is 0 Å². The van der Waals surface area contributed by atoms with Crippen molar-refractivity contribution in [2.45, 2.75) is 212 Å². The fraction of sp³-hybridized carbons (Fsp3) is 0.846. The summed E-state index contributed by atoms with van der Waals surface area (Å²) in [6, 6.07) is 0. The molecule has 0 nitrogen and oxygen atoms in total. The molecule has 252 valence electrons. The highest BCUT2D eigenvalue weighted by Crippen LogP contribution is 2.09. The summed E-state index contributed by atoms with van der Waals surface area (Å²) >= 11 is 0. The van der Waals surface area contributed by atoms with Crippen LogP contribution < -0.4 is 0 Å². The summed E-state index contributed by atoms with van der Waals surface area (Å²) in [6.45, 7) is 52.4. The van der Waals surface area contributed by atoms with Crippen molar-refractivity contribution in [3.05, 3.63) is 36.5 Å². The molecular formula is C39H96. The second-order valence-corrected chi connectivity index (χ2v) is 7.75. The first-order valence-electron chi connectivity index (χ1n) is 16.4. The van der Waals surface area contributed by atoms with Gasteiger partial charge in [0.1, 0.15) is 0 Å². The third-order valence-electron chi connectivity index (χ3n) is 4.16. The first kappa shape index (κ1) is 77.0. The van der Waals surface area contributed by atoms with Crippen LogP contribution >= 0.6 is 0 Å². The number of hydrogen-bond donors (Lipinski definition) is 0. The molecule has 1 unspecified atom stereocenters. The lowest BCUT2D eigenvalue weighted by Gasteiger charge is -2.04. The highest BCUT2D eigenvalue weighted by atomic mass is 14.0. The molecule has 0 aliphatic heterocycles. The van der Waals surface area contributed by atoms with Gasteiger partial charge in [-0.3, -0.25) is 0 Å². The molecule has 0 aliphatic rings. The lowest BCUT2D eigenvalue weighted by molar-refractivity contribution is 0.492. The minimum absolute atomic E-state index is 0. The van der Waals surface area contributed by atoms with E-state index in [-0.39, 0.29) is 14.9 Å². The van der Waals surface area contributed by atoms with Gasteiger partial charge in [-0.05, 0) is 46.0 Å². The molecule has 0 heterocycles. The first-order chi connectivity index (χ1) is 17.6. The normalized spacial score (nSPS) is 8.69. The molecule has 0 radical (unpaired) electrons. The van der Waals surface area contributed by atoms with Crippen LogP contribution in [0.15, 0.2) is 36.5 Å². The molecule has 0 fully saturated rings. The third-order valence-corrected chi connectivity index (χ3v) is 4.16. The van der Waals surface area contributed by atoms with Gasteiger partial charge >= 0.3 is 0 Å². The fourth-order valence-corrected chi connectivity index (χ4v) is 1.29. The van der Waals surface area contributed by atoms with Crippen molar-refractivity contribution in [1.82, 2.24) is 0 Å². The van der Waals surface area contributed by atoms with Crippen molar-refractivity contribution in [2.75, 3.05) is 0 Å². The molecule has 0 N–H and O–H groups in total. The Hall–Kier alpha value is -0.780. The Balaban J connectivity index is -0.0000000219. The summed E-state index contributed by atoms with van der Waals surface area (Å²) < 4.78 is 0. The summed E-state index contributed by atoms with van der Waals surface area (Å²) in [7, 11) is 0. The molecule has 0 spiro atoms. The number of allylic oxidation sites excluding steroid dienone is 4. The number of unbranched alkanes of at least 4 members (excludes halogenated alkanes) is 1. The van der Waals surface area contributed by atoms with Crippen LogP contribution in [0.25, 0.3) is 0 Å². The van der Waals surface area contributed by atoms with Gasteiger partial charge in [0, 0.05) is 0 Å². The molecule has 0 aromatic carbocycles. The van der Waals surface area contributed by atoms with Gasteiger partial charge in [0.25, 0.3) is 0 Å².